The summed E-state index contributed by atoms with van der Waals surface area (Å²) in [5, 5.41) is 13.4. The Morgan fingerprint density at radius 1 is 1.30 bits per heavy atom. The molecule has 0 atom stereocenters. The van der Waals surface area contributed by atoms with E-state index in [1.807, 2.05) is 33.8 Å². The highest BCUT2D eigenvalue weighted by atomic mass is 19.1. The lowest BCUT2D eigenvalue weighted by molar-refractivity contribution is -0.0123. The number of nitrogens with one attached hydrogen (secondary N) is 1. The molecule has 0 saturated heterocycles. The minimum Gasteiger partial charge on any atom is -0.488 e. The van der Waals surface area contributed by atoms with E-state index in [0.717, 1.165) is 5.56 Å². The van der Waals surface area contributed by atoms with Gasteiger partial charge < -0.3 is 15.2 Å². The Balaban J connectivity index is 2.64. The van der Waals surface area contributed by atoms with Crippen LogP contribution >= 0.6 is 0 Å². The van der Waals surface area contributed by atoms with Crippen LogP contribution in [0.15, 0.2) is 18.2 Å². The topological polar surface area (TPSA) is 41.5 Å². The summed E-state index contributed by atoms with van der Waals surface area (Å²) in [4.78, 5) is 0. The van der Waals surface area contributed by atoms with Crippen LogP contribution in [-0.4, -0.2) is 23.4 Å². The lowest BCUT2D eigenvalue weighted by Gasteiger charge is -2.25. The van der Waals surface area contributed by atoms with E-state index in [4.69, 9.17) is 4.74 Å². The standard InChI is InChI=1S/C16H26FNO2/c1-5-16(19,6-2)11-20-15-8-7-13(9-14(15)17)10-18-12(3)4/h7-9,12,18-19H,5-6,10-11H2,1-4H3. The van der Waals surface area contributed by atoms with Crippen molar-refractivity contribution in [1.29, 1.82) is 0 Å². The Kier molecular flexibility index (Phi) is 6.43. The molecule has 1 rings (SSSR count). The Morgan fingerprint density at radius 2 is 1.95 bits per heavy atom. The van der Waals surface area contributed by atoms with Gasteiger partial charge in [0.2, 0.25) is 0 Å². The number of hydrogen-bond donors (Lipinski definition) is 2. The second kappa shape index (κ2) is 7.60. The quantitative estimate of drug-likeness (QED) is 0.769. The summed E-state index contributed by atoms with van der Waals surface area (Å²) in [5.74, 6) is -0.193. The fourth-order valence-electron chi connectivity index (χ4n) is 1.76. The van der Waals surface area contributed by atoms with Crippen molar-refractivity contribution < 1.29 is 14.2 Å². The molecule has 0 radical (unpaired) electrons. The molecule has 0 aliphatic rings. The van der Waals surface area contributed by atoms with Gasteiger partial charge in [0.05, 0.1) is 5.60 Å². The Bertz CT molecular complexity index is 417. The normalized spacial score (nSPS) is 11.9. The van der Waals surface area contributed by atoms with Crippen molar-refractivity contribution in [3.05, 3.63) is 29.6 Å². The molecule has 0 aliphatic carbocycles. The van der Waals surface area contributed by atoms with Gasteiger partial charge in [0.1, 0.15) is 6.61 Å². The molecule has 0 spiro atoms. The molecule has 2 N–H and O–H groups in total. The number of benzene rings is 1. The average Bonchev–Trinajstić information content (AvgIpc) is 2.43. The summed E-state index contributed by atoms with van der Waals surface area (Å²) >= 11 is 0. The fraction of sp³-hybridized carbons (Fsp3) is 0.625. The summed E-state index contributed by atoms with van der Waals surface area (Å²) < 4.78 is 19.3. The summed E-state index contributed by atoms with van der Waals surface area (Å²) in [6.45, 7) is 8.62. The maximum absolute atomic E-state index is 13.9. The van der Waals surface area contributed by atoms with Gasteiger partial charge in [-0.3, -0.25) is 0 Å². The summed E-state index contributed by atoms with van der Waals surface area (Å²) in [6.07, 6.45) is 1.17. The van der Waals surface area contributed by atoms with E-state index in [9.17, 15) is 9.50 Å². The van der Waals surface area contributed by atoms with E-state index in [1.165, 1.54) is 6.07 Å². The van der Waals surface area contributed by atoms with Gasteiger partial charge in [-0.05, 0) is 30.5 Å². The highest BCUT2D eigenvalue weighted by Crippen LogP contribution is 2.22. The third kappa shape index (κ3) is 5.10. The van der Waals surface area contributed by atoms with Gasteiger partial charge >= 0.3 is 0 Å². The van der Waals surface area contributed by atoms with Crippen LogP contribution in [0.2, 0.25) is 0 Å². The fourth-order valence-corrected chi connectivity index (χ4v) is 1.76. The van der Waals surface area contributed by atoms with Crippen LogP contribution in [0.3, 0.4) is 0 Å². The molecule has 0 aromatic heterocycles. The third-order valence-corrected chi connectivity index (χ3v) is 3.52. The van der Waals surface area contributed by atoms with Crippen molar-refractivity contribution in [3.63, 3.8) is 0 Å². The van der Waals surface area contributed by atoms with E-state index in [-0.39, 0.29) is 18.2 Å². The molecule has 20 heavy (non-hydrogen) atoms. The first-order valence-electron chi connectivity index (χ1n) is 7.27. The second-order valence-electron chi connectivity index (χ2n) is 5.52. The highest BCUT2D eigenvalue weighted by molar-refractivity contribution is 5.29. The third-order valence-electron chi connectivity index (χ3n) is 3.52. The van der Waals surface area contributed by atoms with Gasteiger partial charge in [-0.25, -0.2) is 4.39 Å². The Labute approximate surface area is 121 Å². The van der Waals surface area contributed by atoms with Crippen LogP contribution in [0, 0.1) is 5.82 Å². The first-order chi connectivity index (χ1) is 9.40. The SMILES string of the molecule is CCC(O)(CC)COc1ccc(CNC(C)C)cc1F. The number of ether oxygens (including phenoxy) is 1. The largest absolute Gasteiger partial charge is 0.488 e. The first kappa shape index (κ1) is 16.9. The molecule has 0 bridgehead atoms. The van der Waals surface area contributed by atoms with Gasteiger partial charge in [-0.2, -0.15) is 0 Å². The van der Waals surface area contributed by atoms with E-state index in [1.54, 1.807) is 6.07 Å². The predicted molar refractivity (Wildman–Crippen MR) is 79.4 cm³/mol. The lowest BCUT2D eigenvalue weighted by Crippen LogP contribution is -2.34. The molecule has 0 saturated carbocycles. The molecule has 114 valence electrons. The smallest absolute Gasteiger partial charge is 0.165 e. The lowest BCUT2D eigenvalue weighted by atomic mass is 9.99. The Morgan fingerprint density at radius 3 is 2.45 bits per heavy atom. The number of aliphatic hydroxyl groups is 1. The van der Waals surface area contributed by atoms with Gasteiger partial charge in [0.15, 0.2) is 11.6 Å². The van der Waals surface area contributed by atoms with Crippen LogP contribution in [0.1, 0.15) is 46.1 Å². The highest BCUT2D eigenvalue weighted by Gasteiger charge is 2.23. The van der Waals surface area contributed by atoms with Crippen molar-refractivity contribution >= 4 is 0 Å². The zero-order valence-corrected chi connectivity index (χ0v) is 12.9. The van der Waals surface area contributed by atoms with Crippen molar-refractivity contribution in [3.8, 4) is 5.75 Å². The van der Waals surface area contributed by atoms with Gasteiger partial charge in [0, 0.05) is 12.6 Å². The number of halogens is 1. The van der Waals surface area contributed by atoms with Crippen molar-refractivity contribution in [1.82, 2.24) is 5.32 Å². The summed E-state index contributed by atoms with van der Waals surface area (Å²) in [6, 6.07) is 5.29. The van der Waals surface area contributed by atoms with Crippen LogP contribution in [0.4, 0.5) is 4.39 Å². The van der Waals surface area contributed by atoms with Gasteiger partial charge in [-0.1, -0.05) is 33.8 Å². The monoisotopic (exact) mass is 283 g/mol. The number of rotatable bonds is 8. The molecule has 0 amide bonds. The van der Waals surface area contributed by atoms with E-state index >= 15 is 0 Å². The number of hydrogen-bond acceptors (Lipinski definition) is 3. The molecule has 4 heteroatoms. The maximum atomic E-state index is 13.9. The minimum atomic E-state index is -0.885. The zero-order chi connectivity index (χ0) is 15.2. The first-order valence-corrected chi connectivity index (χ1v) is 7.27. The van der Waals surface area contributed by atoms with Crippen molar-refractivity contribution in [2.24, 2.45) is 0 Å². The summed E-state index contributed by atoms with van der Waals surface area (Å²) in [5.41, 5.74) is -0.00517. The van der Waals surface area contributed by atoms with Crippen LogP contribution in [-0.2, 0) is 6.54 Å². The molecular formula is C16H26FNO2. The predicted octanol–water partition coefficient (Wildman–Crippen LogP) is 3.25. The molecule has 0 heterocycles. The Hall–Kier alpha value is -1.13. The van der Waals surface area contributed by atoms with Crippen LogP contribution < -0.4 is 10.1 Å². The zero-order valence-electron chi connectivity index (χ0n) is 12.9. The molecular weight excluding hydrogens is 257 g/mol. The second-order valence-corrected chi connectivity index (χ2v) is 5.52. The molecule has 0 unspecified atom stereocenters. The molecule has 1 aromatic rings. The average molecular weight is 283 g/mol. The van der Waals surface area contributed by atoms with Gasteiger partial charge in [0.25, 0.3) is 0 Å². The molecule has 3 nitrogen and oxygen atoms in total. The van der Waals surface area contributed by atoms with E-state index in [2.05, 4.69) is 5.32 Å². The minimum absolute atomic E-state index is 0.112. The van der Waals surface area contributed by atoms with Gasteiger partial charge in [-0.15, -0.1) is 0 Å². The van der Waals surface area contributed by atoms with Crippen molar-refractivity contribution in [2.45, 2.75) is 58.7 Å². The van der Waals surface area contributed by atoms with E-state index < -0.39 is 5.60 Å². The molecule has 0 aliphatic heterocycles. The van der Waals surface area contributed by atoms with Crippen molar-refractivity contribution in [2.75, 3.05) is 6.61 Å². The maximum Gasteiger partial charge on any atom is 0.165 e. The molecule has 1 aromatic carbocycles. The summed E-state index contributed by atoms with van der Waals surface area (Å²) in [7, 11) is 0. The van der Waals surface area contributed by atoms with Crippen LogP contribution in [0.5, 0.6) is 5.75 Å². The van der Waals surface area contributed by atoms with Crippen LogP contribution in [0.25, 0.3) is 0 Å². The molecule has 0 fully saturated rings. The van der Waals surface area contributed by atoms with E-state index in [0.29, 0.717) is 25.4 Å².